The van der Waals surface area contributed by atoms with Gasteiger partial charge < -0.3 is 10.4 Å². The van der Waals surface area contributed by atoms with E-state index in [2.05, 4.69) is 52.1 Å². The van der Waals surface area contributed by atoms with Crippen LogP contribution in [0.15, 0.2) is 18.7 Å². The van der Waals surface area contributed by atoms with Gasteiger partial charge in [0.25, 0.3) is 0 Å². The maximum absolute atomic E-state index is 9.94. The smallest absolute Gasteiger partial charge is 0.223 e. The van der Waals surface area contributed by atoms with Crippen LogP contribution in [0.3, 0.4) is 0 Å². The van der Waals surface area contributed by atoms with Gasteiger partial charge >= 0.3 is 0 Å². The summed E-state index contributed by atoms with van der Waals surface area (Å²) in [5.41, 5.74) is 3.07. The number of nitriles is 1. The first-order chi connectivity index (χ1) is 12.5. The predicted octanol–water partition coefficient (Wildman–Crippen LogP) is 2.26. The van der Waals surface area contributed by atoms with Crippen LogP contribution in [-0.4, -0.2) is 31.1 Å². The van der Waals surface area contributed by atoms with Crippen LogP contribution < -0.4 is 5.32 Å². The summed E-state index contributed by atoms with van der Waals surface area (Å²) in [7, 11) is 0. The number of aliphatic hydroxyl groups is 1. The molecule has 2 atom stereocenters. The summed E-state index contributed by atoms with van der Waals surface area (Å²) in [5.74, 6) is 0.796. The number of aliphatic hydroxyl groups excluding tert-OH is 1. The van der Waals surface area contributed by atoms with Gasteiger partial charge in [-0.3, -0.25) is 0 Å². The molecule has 0 amide bonds. The molecule has 0 aromatic carbocycles. The quantitative estimate of drug-likeness (QED) is 0.821. The van der Waals surface area contributed by atoms with Crippen LogP contribution in [-0.2, 0) is 19.4 Å². The molecule has 0 saturated heterocycles. The van der Waals surface area contributed by atoms with Gasteiger partial charge in [-0.15, -0.1) is 0 Å². The molecule has 0 unspecified atom stereocenters. The lowest BCUT2D eigenvalue weighted by atomic mass is 9.58. The number of anilines is 1. The van der Waals surface area contributed by atoms with E-state index < -0.39 is 0 Å². The first-order valence-corrected chi connectivity index (χ1v) is 8.91. The highest BCUT2D eigenvalue weighted by molar-refractivity contribution is 5.38. The molecule has 7 heteroatoms. The van der Waals surface area contributed by atoms with Crippen molar-refractivity contribution < 1.29 is 5.11 Å². The fraction of sp³-hybridized carbons (Fsp3) is 0.526. The monoisotopic (exact) mass is 352 g/mol. The Morgan fingerprint density at radius 3 is 2.77 bits per heavy atom. The number of hydrogen-bond donors (Lipinski definition) is 2. The van der Waals surface area contributed by atoms with Gasteiger partial charge in [-0.2, -0.15) is 5.26 Å². The maximum Gasteiger partial charge on any atom is 0.223 e. The molecule has 1 saturated carbocycles. The SMILES string of the molecule is CCc1ncncc1CNc1ncc(C#N)c(C[C@@H]2C[C@@H](O)C2(C)C)n1. The third-order valence-electron chi connectivity index (χ3n) is 5.50. The van der Waals surface area contributed by atoms with Crippen molar-refractivity contribution in [1.82, 2.24) is 19.9 Å². The van der Waals surface area contributed by atoms with Crippen molar-refractivity contribution in [2.24, 2.45) is 11.3 Å². The molecule has 26 heavy (non-hydrogen) atoms. The summed E-state index contributed by atoms with van der Waals surface area (Å²) < 4.78 is 0. The van der Waals surface area contributed by atoms with Gasteiger partial charge in [-0.25, -0.2) is 19.9 Å². The minimum atomic E-state index is -0.289. The Hall–Kier alpha value is -2.59. The minimum Gasteiger partial charge on any atom is -0.393 e. The predicted molar refractivity (Wildman–Crippen MR) is 97.1 cm³/mol. The zero-order chi connectivity index (χ0) is 18.7. The first kappa shape index (κ1) is 18.2. The topological polar surface area (TPSA) is 108 Å². The van der Waals surface area contributed by atoms with E-state index in [0.717, 1.165) is 29.8 Å². The summed E-state index contributed by atoms with van der Waals surface area (Å²) in [6, 6.07) is 2.17. The van der Waals surface area contributed by atoms with E-state index in [4.69, 9.17) is 0 Å². The second-order valence-electron chi connectivity index (χ2n) is 7.34. The largest absolute Gasteiger partial charge is 0.393 e. The lowest BCUT2D eigenvalue weighted by Crippen LogP contribution is -2.50. The lowest BCUT2D eigenvalue weighted by molar-refractivity contribution is -0.0978. The summed E-state index contributed by atoms with van der Waals surface area (Å²) in [4.78, 5) is 17.2. The fourth-order valence-corrected chi connectivity index (χ4v) is 3.34. The van der Waals surface area contributed by atoms with Crippen molar-refractivity contribution in [1.29, 1.82) is 5.26 Å². The summed E-state index contributed by atoms with van der Waals surface area (Å²) >= 11 is 0. The van der Waals surface area contributed by atoms with Crippen molar-refractivity contribution in [3.8, 4) is 6.07 Å². The Bertz CT molecular complexity index is 829. The third kappa shape index (κ3) is 3.51. The molecule has 3 rings (SSSR count). The molecule has 0 spiro atoms. The third-order valence-corrected chi connectivity index (χ3v) is 5.50. The van der Waals surface area contributed by atoms with E-state index in [1.165, 1.54) is 0 Å². The van der Waals surface area contributed by atoms with E-state index in [9.17, 15) is 10.4 Å². The van der Waals surface area contributed by atoms with Crippen LogP contribution >= 0.6 is 0 Å². The number of nitrogens with one attached hydrogen (secondary N) is 1. The zero-order valence-electron chi connectivity index (χ0n) is 15.4. The van der Waals surface area contributed by atoms with Crippen molar-refractivity contribution in [2.75, 3.05) is 5.32 Å². The molecular formula is C19H24N6O. The van der Waals surface area contributed by atoms with Gasteiger partial charge in [-0.05, 0) is 30.6 Å². The number of nitrogens with zero attached hydrogens (tertiary/aromatic N) is 5. The summed E-state index contributed by atoms with van der Waals surface area (Å²) in [5, 5.41) is 22.5. The average molecular weight is 352 g/mol. The van der Waals surface area contributed by atoms with Gasteiger partial charge in [-0.1, -0.05) is 20.8 Å². The Morgan fingerprint density at radius 2 is 2.12 bits per heavy atom. The van der Waals surface area contributed by atoms with Crippen LogP contribution in [0, 0.1) is 22.7 Å². The van der Waals surface area contributed by atoms with Crippen LogP contribution in [0.1, 0.15) is 49.7 Å². The Kier molecular flexibility index (Phi) is 5.14. The number of hydrogen-bond acceptors (Lipinski definition) is 7. The molecule has 0 bridgehead atoms. The van der Waals surface area contributed by atoms with Gasteiger partial charge in [0, 0.05) is 24.0 Å². The molecule has 7 nitrogen and oxygen atoms in total. The van der Waals surface area contributed by atoms with Crippen molar-refractivity contribution in [2.45, 2.75) is 52.7 Å². The lowest BCUT2D eigenvalue weighted by Gasteiger charge is -2.49. The first-order valence-electron chi connectivity index (χ1n) is 8.91. The van der Waals surface area contributed by atoms with Crippen LogP contribution in [0.25, 0.3) is 0 Å². The van der Waals surface area contributed by atoms with Crippen LogP contribution in [0.5, 0.6) is 0 Å². The normalized spacial score (nSPS) is 20.9. The second-order valence-corrected chi connectivity index (χ2v) is 7.34. The molecule has 1 aliphatic rings. The average Bonchev–Trinajstić information content (AvgIpc) is 2.66. The van der Waals surface area contributed by atoms with Gasteiger partial charge in [0.2, 0.25) is 5.95 Å². The minimum absolute atomic E-state index is 0.150. The molecule has 1 aliphatic carbocycles. The molecule has 0 aliphatic heterocycles. The number of rotatable bonds is 6. The highest BCUT2D eigenvalue weighted by Gasteiger charge is 2.47. The number of aromatic nitrogens is 4. The van der Waals surface area contributed by atoms with Gasteiger partial charge in [0.15, 0.2) is 0 Å². The van der Waals surface area contributed by atoms with Crippen molar-refractivity contribution in [3.05, 3.63) is 41.2 Å². The molecule has 2 aromatic heterocycles. The summed E-state index contributed by atoms with van der Waals surface area (Å²) in [6.07, 6.45) is 6.86. The highest BCUT2D eigenvalue weighted by atomic mass is 16.3. The molecule has 2 N–H and O–H groups in total. The Balaban J connectivity index is 1.74. The van der Waals surface area contributed by atoms with E-state index in [1.54, 1.807) is 18.7 Å². The molecule has 136 valence electrons. The second kappa shape index (κ2) is 7.34. The zero-order valence-corrected chi connectivity index (χ0v) is 15.4. The Labute approximate surface area is 153 Å². The number of aryl methyl sites for hydroxylation is 1. The summed E-state index contributed by atoms with van der Waals surface area (Å²) in [6.45, 7) is 6.69. The van der Waals surface area contributed by atoms with E-state index >= 15 is 0 Å². The van der Waals surface area contributed by atoms with E-state index in [-0.39, 0.29) is 11.5 Å². The molecule has 2 heterocycles. The molecule has 0 radical (unpaired) electrons. The van der Waals surface area contributed by atoms with E-state index in [1.807, 2.05) is 0 Å². The standard InChI is InChI=1S/C19H24N6O/c1-4-15-13(8-21-11-24-15)10-23-18-22-9-12(7-20)16(25-18)5-14-6-17(26)19(14,2)3/h8-9,11,14,17,26H,4-6,10H2,1-3H3,(H,22,23,25)/t14-,17-/m1/s1. The van der Waals surface area contributed by atoms with Crippen molar-refractivity contribution in [3.63, 3.8) is 0 Å². The van der Waals surface area contributed by atoms with Gasteiger partial charge in [0.1, 0.15) is 12.4 Å². The molecule has 2 aromatic rings. The van der Waals surface area contributed by atoms with Crippen LogP contribution in [0.2, 0.25) is 0 Å². The Morgan fingerprint density at radius 1 is 1.31 bits per heavy atom. The van der Waals surface area contributed by atoms with E-state index in [0.29, 0.717) is 30.4 Å². The fourth-order valence-electron chi connectivity index (χ4n) is 3.34. The van der Waals surface area contributed by atoms with Crippen LogP contribution in [0.4, 0.5) is 5.95 Å². The highest BCUT2D eigenvalue weighted by Crippen LogP contribution is 2.47. The molecular weight excluding hydrogens is 328 g/mol. The van der Waals surface area contributed by atoms with Gasteiger partial charge in [0.05, 0.1) is 23.6 Å². The molecule has 1 fully saturated rings. The van der Waals surface area contributed by atoms with Crippen molar-refractivity contribution >= 4 is 5.95 Å². The maximum atomic E-state index is 9.94.